The summed E-state index contributed by atoms with van der Waals surface area (Å²) in [5.74, 6) is 1.31. The van der Waals surface area contributed by atoms with E-state index in [1.165, 1.54) is 11.1 Å². The molecule has 134 valence electrons. The standard InChI is InChI=1S/C20H33N3O/c1-14(2)10-22(11-15(3)4)19-12-23(13-19)20(24)21-18-8-7-16(5)17(6)9-18/h7-9,14-15,19H,10-13H2,1-6H3,(H,21,24). The Morgan fingerprint density at radius 1 is 1.12 bits per heavy atom. The minimum atomic E-state index is 0.0172. The van der Waals surface area contributed by atoms with Gasteiger partial charge in [0.05, 0.1) is 0 Å². The Morgan fingerprint density at radius 2 is 1.71 bits per heavy atom. The lowest BCUT2D eigenvalue weighted by Crippen LogP contribution is -2.62. The number of hydrogen-bond donors (Lipinski definition) is 1. The third-order valence-electron chi connectivity index (χ3n) is 4.62. The lowest BCUT2D eigenvalue weighted by atomic mass is 10.0. The van der Waals surface area contributed by atoms with Gasteiger partial charge in [-0.05, 0) is 48.9 Å². The minimum absolute atomic E-state index is 0.0172. The number of amides is 2. The van der Waals surface area contributed by atoms with E-state index in [0.29, 0.717) is 17.9 Å². The molecule has 24 heavy (non-hydrogen) atoms. The maximum Gasteiger partial charge on any atom is 0.321 e. The van der Waals surface area contributed by atoms with E-state index in [1.807, 2.05) is 17.0 Å². The second-order valence-corrected chi connectivity index (χ2v) is 8.03. The summed E-state index contributed by atoms with van der Waals surface area (Å²) in [5, 5.41) is 3.02. The van der Waals surface area contributed by atoms with Gasteiger partial charge in [-0.25, -0.2) is 4.79 Å². The van der Waals surface area contributed by atoms with Crippen molar-refractivity contribution in [1.82, 2.24) is 9.80 Å². The number of aryl methyl sites for hydroxylation is 2. The van der Waals surface area contributed by atoms with Crippen molar-refractivity contribution >= 4 is 11.7 Å². The first-order valence-electron chi connectivity index (χ1n) is 9.13. The summed E-state index contributed by atoms with van der Waals surface area (Å²) in [6, 6.07) is 6.58. The number of rotatable bonds is 6. The molecule has 0 aliphatic carbocycles. The van der Waals surface area contributed by atoms with Crippen molar-refractivity contribution in [2.24, 2.45) is 11.8 Å². The zero-order chi connectivity index (χ0) is 17.9. The van der Waals surface area contributed by atoms with Crippen LogP contribution in [0.2, 0.25) is 0 Å². The molecule has 0 radical (unpaired) electrons. The summed E-state index contributed by atoms with van der Waals surface area (Å²) in [4.78, 5) is 16.9. The fourth-order valence-electron chi connectivity index (χ4n) is 3.18. The highest BCUT2D eigenvalue weighted by Crippen LogP contribution is 2.20. The third-order valence-corrected chi connectivity index (χ3v) is 4.62. The van der Waals surface area contributed by atoms with Gasteiger partial charge < -0.3 is 10.2 Å². The Morgan fingerprint density at radius 3 is 2.21 bits per heavy atom. The number of carbonyl (C=O) groups is 1. The zero-order valence-electron chi connectivity index (χ0n) is 16.1. The van der Waals surface area contributed by atoms with E-state index >= 15 is 0 Å². The van der Waals surface area contributed by atoms with Crippen LogP contribution in [0.15, 0.2) is 18.2 Å². The monoisotopic (exact) mass is 331 g/mol. The second kappa shape index (κ2) is 8.02. The number of urea groups is 1. The van der Waals surface area contributed by atoms with Crippen molar-refractivity contribution in [3.63, 3.8) is 0 Å². The summed E-state index contributed by atoms with van der Waals surface area (Å²) in [7, 11) is 0. The highest BCUT2D eigenvalue weighted by molar-refractivity contribution is 5.90. The first-order chi connectivity index (χ1) is 11.3. The number of carbonyl (C=O) groups excluding carboxylic acids is 1. The zero-order valence-corrected chi connectivity index (χ0v) is 16.1. The quantitative estimate of drug-likeness (QED) is 0.850. The molecule has 1 aromatic rings. The van der Waals surface area contributed by atoms with Crippen LogP contribution in [0, 0.1) is 25.7 Å². The molecule has 0 atom stereocenters. The highest BCUT2D eigenvalue weighted by atomic mass is 16.2. The van der Waals surface area contributed by atoms with E-state index in [9.17, 15) is 4.79 Å². The second-order valence-electron chi connectivity index (χ2n) is 8.03. The van der Waals surface area contributed by atoms with Gasteiger partial charge in [0.2, 0.25) is 0 Å². The SMILES string of the molecule is Cc1ccc(NC(=O)N2CC(N(CC(C)C)CC(C)C)C2)cc1C. The van der Waals surface area contributed by atoms with Crippen LogP contribution in [-0.4, -0.2) is 48.1 Å². The molecular weight excluding hydrogens is 298 g/mol. The van der Waals surface area contributed by atoms with E-state index in [1.54, 1.807) is 0 Å². The molecule has 0 aromatic heterocycles. The predicted molar refractivity (Wildman–Crippen MR) is 102 cm³/mol. The molecule has 0 unspecified atom stereocenters. The van der Waals surface area contributed by atoms with Crippen molar-refractivity contribution in [2.45, 2.75) is 47.6 Å². The Bertz CT molecular complexity index is 552. The van der Waals surface area contributed by atoms with Gasteiger partial charge in [0, 0.05) is 37.9 Å². The lowest BCUT2D eigenvalue weighted by molar-refractivity contribution is 0.0464. The average molecular weight is 332 g/mol. The molecule has 0 saturated carbocycles. The fraction of sp³-hybridized carbons (Fsp3) is 0.650. The molecule has 0 bridgehead atoms. The molecular formula is C20H33N3O. The van der Waals surface area contributed by atoms with E-state index in [4.69, 9.17) is 0 Å². The van der Waals surface area contributed by atoms with Crippen LogP contribution in [0.4, 0.5) is 10.5 Å². The summed E-state index contributed by atoms with van der Waals surface area (Å²) < 4.78 is 0. The molecule has 2 amide bonds. The number of anilines is 1. The smallest absolute Gasteiger partial charge is 0.321 e. The number of likely N-dealkylation sites (tertiary alicyclic amines) is 1. The Kier molecular flexibility index (Phi) is 6.27. The molecule has 1 aromatic carbocycles. The van der Waals surface area contributed by atoms with Crippen molar-refractivity contribution in [2.75, 3.05) is 31.5 Å². The summed E-state index contributed by atoms with van der Waals surface area (Å²) in [6.45, 7) is 17.1. The number of benzene rings is 1. The molecule has 1 N–H and O–H groups in total. The van der Waals surface area contributed by atoms with E-state index in [2.05, 4.69) is 57.8 Å². The number of hydrogen-bond acceptors (Lipinski definition) is 2. The topological polar surface area (TPSA) is 35.6 Å². The van der Waals surface area contributed by atoms with Crippen molar-refractivity contribution in [3.05, 3.63) is 29.3 Å². The molecule has 1 aliphatic heterocycles. The maximum absolute atomic E-state index is 12.4. The van der Waals surface area contributed by atoms with E-state index in [-0.39, 0.29) is 6.03 Å². The average Bonchev–Trinajstić information content (AvgIpc) is 2.39. The van der Waals surface area contributed by atoms with Crippen molar-refractivity contribution < 1.29 is 4.79 Å². The van der Waals surface area contributed by atoms with Crippen LogP contribution in [-0.2, 0) is 0 Å². The van der Waals surface area contributed by atoms with Crippen molar-refractivity contribution in [3.8, 4) is 0 Å². The summed E-state index contributed by atoms with van der Waals surface area (Å²) >= 11 is 0. The van der Waals surface area contributed by atoms with Gasteiger partial charge in [-0.1, -0.05) is 33.8 Å². The van der Waals surface area contributed by atoms with Gasteiger partial charge in [-0.2, -0.15) is 0 Å². The van der Waals surface area contributed by atoms with Gasteiger partial charge in [0.25, 0.3) is 0 Å². The molecule has 1 fully saturated rings. The van der Waals surface area contributed by atoms with Gasteiger partial charge in [-0.15, -0.1) is 0 Å². The normalized spacial score (nSPS) is 15.3. The van der Waals surface area contributed by atoms with Crippen LogP contribution >= 0.6 is 0 Å². The van der Waals surface area contributed by atoms with Gasteiger partial charge in [0.15, 0.2) is 0 Å². The van der Waals surface area contributed by atoms with Crippen LogP contribution in [0.3, 0.4) is 0 Å². The number of nitrogens with one attached hydrogen (secondary N) is 1. The maximum atomic E-state index is 12.4. The summed E-state index contributed by atoms with van der Waals surface area (Å²) in [6.07, 6.45) is 0. The van der Waals surface area contributed by atoms with Crippen LogP contribution < -0.4 is 5.32 Å². The molecule has 1 saturated heterocycles. The Hall–Kier alpha value is -1.55. The largest absolute Gasteiger partial charge is 0.321 e. The van der Waals surface area contributed by atoms with Gasteiger partial charge in [-0.3, -0.25) is 4.90 Å². The number of nitrogens with zero attached hydrogens (tertiary/aromatic N) is 2. The molecule has 1 aliphatic rings. The fourth-order valence-corrected chi connectivity index (χ4v) is 3.18. The first kappa shape index (κ1) is 18.8. The molecule has 2 rings (SSSR count). The van der Waals surface area contributed by atoms with E-state index < -0.39 is 0 Å². The van der Waals surface area contributed by atoms with Crippen LogP contribution in [0.5, 0.6) is 0 Å². The third kappa shape index (κ3) is 4.97. The van der Waals surface area contributed by atoms with Gasteiger partial charge >= 0.3 is 6.03 Å². The molecule has 4 nitrogen and oxygen atoms in total. The molecule has 0 spiro atoms. The Labute approximate surface area is 147 Å². The minimum Gasteiger partial charge on any atom is -0.321 e. The molecule has 1 heterocycles. The van der Waals surface area contributed by atoms with Gasteiger partial charge in [0.1, 0.15) is 0 Å². The van der Waals surface area contributed by atoms with Crippen LogP contribution in [0.1, 0.15) is 38.8 Å². The lowest BCUT2D eigenvalue weighted by Gasteiger charge is -2.46. The first-order valence-corrected chi connectivity index (χ1v) is 9.13. The molecule has 4 heteroatoms. The Balaban J connectivity index is 1.87. The predicted octanol–water partition coefficient (Wildman–Crippen LogP) is 4.13. The highest BCUT2D eigenvalue weighted by Gasteiger charge is 2.35. The van der Waals surface area contributed by atoms with Crippen molar-refractivity contribution in [1.29, 1.82) is 0 Å². The van der Waals surface area contributed by atoms with Crippen LogP contribution in [0.25, 0.3) is 0 Å². The summed E-state index contributed by atoms with van der Waals surface area (Å²) in [5.41, 5.74) is 3.33. The van der Waals surface area contributed by atoms with E-state index in [0.717, 1.165) is 31.9 Å².